The Morgan fingerprint density at radius 3 is 2.03 bits per heavy atom. The van der Waals surface area contributed by atoms with Crippen molar-refractivity contribution in [3.8, 4) is 0 Å². The Hall–Kier alpha value is -1.91. The first kappa shape index (κ1) is 22.3. The van der Waals surface area contributed by atoms with Crippen molar-refractivity contribution in [3.05, 3.63) is 90.5 Å². The van der Waals surface area contributed by atoms with Gasteiger partial charge in [0.15, 0.2) is 0 Å². The first-order valence-electron chi connectivity index (χ1n) is 12.1. The highest BCUT2D eigenvalue weighted by molar-refractivity contribution is 7.79. The van der Waals surface area contributed by atoms with Crippen molar-refractivity contribution >= 4 is 23.8 Å². The van der Waals surface area contributed by atoms with Gasteiger partial charge in [-0.2, -0.15) is 0 Å². The third-order valence-corrected chi connectivity index (χ3v) is 10.2. The SMILES string of the molecule is CCCCC1CCCC(C)(c2ccccc2P(c2ccccc2)c2ccccc2)[C@H]1C. The zero-order valence-electron chi connectivity index (χ0n) is 19.4. The van der Waals surface area contributed by atoms with Crippen LogP contribution in [-0.2, 0) is 5.41 Å². The predicted octanol–water partition coefficient (Wildman–Crippen LogP) is 7.33. The van der Waals surface area contributed by atoms with Crippen molar-refractivity contribution in [2.75, 3.05) is 0 Å². The van der Waals surface area contributed by atoms with E-state index in [-0.39, 0.29) is 5.41 Å². The van der Waals surface area contributed by atoms with Gasteiger partial charge < -0.3 is 0 Å². The Balaban J connectivity index is 1.81. The second kappa shape index (κ2) is 10.1. The maximum atomic E-state index is 2.57. The second-order valence-corrected chi connectivity index (χ2v) is 11.7. The van der Waals surface area contributed by atoms with E-state index < -0.39 is 7.92 Å². The molecule has 0 bridgehead atoms. The highest BCUT2D eigenvalue weighted by Gasteiger charge is 2.42. The molecule has 4 rings (SSSR count). The lowest BCUT2D eigenvalue weighted by Gasteiger charge is -2.46. The molecule has 0 spiro atoms. The Labute approximate surface area is 190 Å². The van der Waals surface area contributed by atoms with Crippen molar-refractivity contribution in [1.29, 1.82) is 0 Å². The Morgan fingerprint density at radius 2 is 1.42 bits per heavy atom. The van der Waals surface area contributed by atoms with Crippen molar-refractivity contribution < 1.29 is 0 Å². The molecule has 2 unspecified atom stereocenters. The molecule has 3 aromatic rings. The van der Waals surface area contributed by atoms with E-state index >= 15 is 0 Å². The molecule has 1 aliphatic rings. The Kier molecular flexibility index (Phi) is 7.29. The van der Waals surface area contributed by atoms with Crippen LogP contribution in [0.4, 0.5) is 0 Å². The first-order valence-corrected chi connectivity index (χ1v) is 13.5. The molecule has 0 aliphatic heterocycles. The average Bonchev–Trinajstić information content (AvgIpc) is 2.82. The van der Waals surface area contributed by atoms with Gasteiger partial charge >= 0.3 is 0 Å². The normalized spacial score (nSPS) is 23.7. The van der Waals surface area contributed by atoms with E-state index in [1.165, 1.54) is 49.1 Å². The molecule has 0 nitrogen and oxygen atoms in total. The third kappa shape index (κ3) is 4.65. The van der Waals surface area contributed by atoms with Crippen LogP contribution in [-0.4, -0.2) is 0 Å². The first-order chi connectivity index (χ1) is 15.1. The van der Waals surface area contributed by atoms with Gasteiger partial charge in [-0.1, -0.05) is 138 Å². The lowest BCUT2D eigenvalue weighted by atomic mass is 9.59. The summed E-state index contributed by atoms with van der Waals surface area (Å²) in [5, 5.41) is 4.46. The summed E-state index contributed by atoms with van der Waals surface area (Å²) in [4.78, 5) is 0. The molecule has 0 amide bonds. The fraction of sp³-hybridized carbons (Fsp3) is 0.400. The van der Waals surface area contributed by atoms with Gasteiger partial charge in [0.1, 0.15) is 0 Å². The van der Waals surface area contributed by atoms with Crippen molar-refractivity contribution in [3.63, 3.8) is 0 Å². The third-order valence-electron chi connectivity index (χ3n) is 7.70. The minimum absolute atomic E-state index is 0.247. The van der Waals surface area contributed by atoms with Crippen LogP contribution in [0.3, 0.4) is 0 Å². The molecule has 1 aliphatic carbocycles. The summed E-state index contributed by atoms with van der Waals surface area (Å²) in [7, 11) is -0.568. The summed E-state index contributed by atoms with van der Waals surface area (Å²) < 4.78 is 0. The molecule has 1 fully saturated rings. The van der Waals surface area contributed by atoms with Gasteiger partial charge in [0, 0.05) is 0 Å². The zero-order valence-corrected chi connectivity index (χ0v) is 20.3. The lowest BCUT2D eigenvalue weighted by Crippen LogP contribution is -2.42. The average molecular weight is 429 g/mol. The number of hydrogen-bond donors (Lipinski definition) is 0. The molecular weight excluding hydrogens is 391 g/mol. The fourth-order valence-electron chi connectivity index (χ4n) is 5.70. The molecule has 0 N–H and O–H groups in total. The largest absolute Gasteiger partial charge is 0.0654 e. The van der Waals surface area contributed by atoms with Crippen molar-refractivity contribution in [2.24, 2.45) is 11.8 Å². The fourth-order valence-corrected chi connectivity index (χ4v) is 8.30. The van der Waals surface area contributed by atoms with E-state index in [1.54, 1.807) is 10.9 Å². The van der Waals surface area contributed by atoms with Gasteiger partial charge in [0.05, 0.1) is 0 Å². The molecule has 31 heavy (non-hydrogen) atoms. The summed E-state index contributed by atoms with van der Waals surface area (Å²) in [5.41, 5.74) is 1.85. The monoisotopic (exact) mass is 428 g/mol. The molecule has 162 valence electrons. The van der Waals surface area contributed by atoms with E-state index in [0.29, 0.717) is 0 Å². The summed E-state index contributed by atoms with van der Waals surface area (Å²) in [6.45, 7) is 7.44. The molecule has 0 heterocycles. The van der Waals surface area contributed by atoms with E-state index in [9.17, 15) is 0 Å². The van der Waals surface area contributed by atoms with Crippen molar-refractivity contribution in [2.45, 2.75) is 64.7 Å². The molecule has 3 atom stereocenters. The Bertz CT molecular complexity index is 909. The maximum Gasteiger partial charge on any atom is -0.00405 e. The molecule has 0 saturated heterocycles. The number of benzene rings is 3. The Morgan fingerprint density at radius 1 is 0.839 bits per heavy atom. The van der Waals surface area contributed by atoms with E-state index in [1.807, 2.05) is 0 Å². The highest BCUT2D eigenvalue weighted by atomic mass is 31.1. The van der Waals surface area contributed by atoms with Gasteiger partial charge in [0.2, 0.25) is 0 Å². The number of unbranched alkanes of at least 4 members (excludes halogenated alkanes) is 1. The molecular formula is C30H37P. The lowest BCUT2D eigenvalue weighted by molar-refractivity contribution is 0.133. The standard InChI is InChI=1S/C30H37P/c1-4-5-15-25-16-14-23-30(3,24(25)2)28-21-12-13-22-29(28)31(26-17-8-6-9-18-26)27-19-10-7-11-20-27/h6-13,17-22,24-25H,4-5,14-16,23H2,1-3H3/t24-,25?,30?/m0/s1. The minimum atomic E-state index is -0.568. The van der Waals surface area contributed by atoms with Gasteiger partial charge in [-0.25, -0.2) is 0 Å². The minimum Gasteiger partial charge on any atom is -0.0654 e. The number of hydrogen-bond acceptors (Lipinski definition) is 0. The topological polar surface area (TPSA) is 0 Å². The molecule has 1 saturated carbocycles. The van der Waals surface area contributed by atoms with E-state index in [4.69, 9.17) is 0 Å². The van der Waals surface area contributed by atoms with E-state index in [0.717, 1.165) is 11.8 Å². The smallest absolute Gasteiger partial charge is 0.00405 e. The van der Waals surface area contributed by atoms with Crippen LogP contribution in [0.15, 0.2) is 84.9 Å². The molecule has 1 heteroatoms. The van der Waals surface area contributed by atoms with Crippen molar-refractivity contribution in [1.82, 2.24) is 0 Å². The molecule has 0 radical (unpaired) electrons. The van der Waals surface area contributed by atoms with Gasteiger partial charge in [0.25, 0.3) is 0 Å². The summed E-state index contributed by atoms with van der Waals surface area (Å²) in [6, 6.07) is 31.8. The van der Waals surface area contributed by atoms with Crippen LogP contribution >= 0.6 is 7.92 Å². The van der Waals surface area contributed by atoms with Crippen LogP contribution in [0.2, 0.25) is 0 Å². The number of rotatable bonds is 7. The second-order valence-electron chi connectivity index (χ2n) is 9.52. The van der Waals surface area contributed by atoms with E-state index in [2.05, 4.69) is 106 Å². The van der Waals surface area contributed by atoms with Crippen LogP contribution in [0.25, 0.3) is 0 Å². The quantitative estimate of drug-likeness (QED) is 0.346. The predicted molar refractivity (Wildman–Crippen MR) is 139 cm³/mol. The highest BCUT2D eigenvalue weighted by Crippen LogP contribution is 2.49. The zero-order chi connectivity index (χ0) is 21.7. The van der Waals surface area contributed by atoms with Gasteiger partial charge in [-0.05, 0) is 53.1 Å². The summed E-state index contributed by atoms with van der Waals surface area (Å²) in [6.07, 6.45) is 8.14. The van der Waals surface area contributed by atoms with Crippen LogP contribution in [0.1, 0.15) is 64.9 Å². The van der Waals surface area contributed by atoms with Gasteiger partial charge in [-0.15, -0.1) is 0 Å². The van der Waals surface area contributed by atoms with Crippen LogP contribution in [0.5, 0.6) is 0 Å². The summed E-state index contributed by atoms with van der Waals surface area (Å²) in [5.74, 6) is 1.57. The molecule has 0 aromatic heterocycles. The van der Waals surface area contributed by atoms with Crippen LogP contribution < -0.4 is 15.9 Å². The molecule has 3 aromatic carbocycles. The van der Waals surface area contributed by atoms with Gasteiger partial charge in [-0.3, -0.25) is 0 Å². The maximum absolute atomic E-state index is 2.57. The van der Waals surface area contributed by atoms with Crippen LogP contribution in [0, 0.1) is 11.8 Å². The summed E-state index contributed by atoms with van der Waals surface area (Å²) >= 11 is 0.